The van der Waals surface area contributed by atoms with Crippen LogP contribution in [0, 0.1) is 0 Å². The highest BCUT2D eigenvalue weighted by atomic mass is 32.2. The van der Waals surface area contributed by atoms with Gasteiger partial charge in [-0.25, -0.2) is 13.6 Å². The Kier molecular flexibility index (Phi) is 4.22. The van der Waals surface area contributed by atoms with Crippen molar-refractivity contribution in [1.29, 1.82) is 0 Å². The van der Waals surface area contributed by atoms with Crippen LogP contribution in [0.2, 0.25) is 0 Å². The molecule has 0 radical (unpaired) electrons. The highest BCUT2D eigenvalue weighted by Gasteiger charge is 2.34. The fourth-order valence-corrected chi connectivity index (χ4v) is 3.21. The molecular weight excluding hydrogens is 268 g/mol. The van der Waals surface area contributed by atoms with E-state index in [0.29, 0.717) is 19.0 Å². The molecule has 1 aromatic rings. The predicted octanol–water partition coefficient (Wildman–Crippen LogP) is 0.618. The van der Waals surface area contributed by atoms with Gasteiger partial charge in [0.05, 0.1) is 6.10 Å². The Bertz CT molecular complexity index is 540. The Hall–Kier alpha value is -0.990. The van der Waals surface area contributed by atoms with E-state index < -0.39 is 10.0 Å². The zero-order valence-electron chi connectivity index (χ0n) is 11.2. The Balaban J connectivity index is 2.43. The van der Waals surface area contributed by atoms with Crippen molar-refractivity contribution >= 4 is 10.0 Å². The van der Waals surface area contributed by atoms with E-state index in [2.05, 4.69) is 10.2 Å². The summed E-state index contributed by atoms with van der Waals surface area (Å²) < 4.78 is 30.3. The van der Waals surface area contributed by atoms with Gasteiger partial charge < -0.3 is 9.30 Å². The highest BCUT2D eigenvalue weighted by Crippen LogP contribution is 2.32. The molecule has 8 heteroatoms. The van der Waals surface area contributed by atoms with Crippen molar-refractivity contribution in [2.45, 2.75) is 56.8 Å². The van der Waals surface area contributed by atoms with Crippen LogP contribution in [0.3, 0.4) is 0 Å². The Morgan fingerprint density at radius 1 is 1.42 bits per heavy atom. The number of nitrogens with two attached hydrogens (primary N) is 1. The van der Waals surface area contributed by atoms with Gasteiger partial charge in [0.25, 0.3) is 15.2 Å². The minimum absolute atomic E-state index is 0.0770. The fourth-order valence-electron chi connectivity index (χ4n) is 2.56. The zero-order valence-corrected chi connectivity index (χ0v) is 12.1. The molecule has 7 nitrogen and oxygen atoms in total. The van der Waals surface area contributed by atoms with Gasteiger partial charge >= 0.3 is 0 Å². The third-order valence-electron chi connectivity index (χ3n) is 3.39. The summed E-state index contributed by atoms with van der Waals surface area (Å²) in [6, 6.07) is 0. The number of hydrogen-bond donors (Lipinski definition) is 1. The smallest absolute Gasteiger partial charge is 0.273 e. The fraction of sp³-hybridized carbons (Fsp3) is 0.818. The molecule has 2 unspecified atom stereocenters. The molecule has 1 saturated heterocycles. The number of rotatable bonds is 5. The minimum Gasteiger partial charge on any atom is -0.377 e. The van der Waals surface area contributed by atoms with Crippen molar-refractivity contribution in [1.82, 2.24) is 14.8 Å². The van der Waals surface area contributed by atoms with Crippen LogP contribution in [0.15, 0.2) is 5.16 Å². The second-order valence-corrected chi connectivity index (χ2v) is 6.21. The van der Waals surface area contributed by atoms with Crippen LogP contribution in [0.1, 0.15) is 44.9 Å². The summed E-state index contributed by atoms with van der Waals surface area (Å²) in [5.74, 6) is 0.773. The number of nitrogens with zero attached hydrogens (tertiary/aromatic N) is 3. The molecule has 19 heavy (non-hydrogen) atoms. The molecule has 1 aromatic heterocycles. The zero-order chi connectivity index (χ0) is 14.0. The van der Waals surface area contributed by atoms with E-state index >= 15 is 0 Å². The summed E-state index contributed by atoms with van der Waals surface area (Å²) in [4.78, 5) is 0. The Labute approximate surface area is 113 Å². The monoisotopic (exact) mass is 288 g/mol. The van der Waals surface area contributed by atoms with Crippen molar-refractivity contribution < 1.29 is 13.2 Å². The molecule has 0 saturated carbocycles. The normalized spacial score (nSPS) is 23.9. The lowest BCUT2D eigenvalue weighted by Crippen LogP contribution is -2.22. The standard InChI is InChI=1S/C11H20N4O3S/c1-3-6-15-10(8-5-7-18-9(8)4-2)13-14-11(15)19(12,16)17/h8-9H,3-7H2,1-2H3,(H2,12,16,17). The molecule has 1 fully saturated rings. The summed E-state index contributed by atoms with van der Waals surface area (Å²) in [6.07, 6.45) is 2.57. The molecule has 0 bridgehead atoms. The van der Waals surface area contributed by atoms with Gasteiger partial charge in [-0.05, 0) is 19.3 Å². The van der Waals surface area contributed by atoms with Crippen LogP contribution in [0.25, 0.3) is 0 Å². The molecule has 0 spiro atoms. The topological polar surface area (TPSA) is 100 Å². The SMILES string of the molecule is CCCn1c(C2CCOC2CC)nnc1S(N)(=O)=O. The molecule has 2 atom stereocenters. The first-order valence-electron chi connectivity index (χ1n) is 6.56. The van der Waals surface area contributed by atoms with E-state index in [1.807, 2.05) is 13.8 Å². The average Bonchev–Trinajstić information content (AvgIpc) is 2.93. The van der Waals surface area contributed by atoms with Crippen LogP contribution in [0.5, 0.6) is 0 Å². The summed E-state index contributed by atoms with van der Waals surface area (Å²) in [6.45, 7) is 5.23. The third-order valence-corrected chi connectivity index (χ3v) is 4.20. The molecule has 108 valence electrons. The third kappa shape index (κ3) is 2.80. The molecule has 2 rings (SSSR count). The van der Waals surface area contributed by atoms with Gasteiger partial charge in [0.2, 0.25) is 0 Å². The van der Waals surface area contributed by atoms with Gasteiger partial charge in [-0.1, -0.05) is 13.8 Å². The number of sulfonamides is 1. The van der Waals surface area contributed by atoms with Crippen LogP contribution in [-0.2, 0) is 21.3 Å². The van der Waals surface area contributed by atoms with E-state index in [4.69, 9.17) is 9.88 Å². The van der Waals surface area contributed by atoms with Crippen molar-refractivity contribution in [3.63, 3.8) is 0 Å². The lowest BCUT2D eigenvalue weighted by Gasteiger charge is -2.17. The maximum atomic E-state index is 11.5. The Morgan fingerprint density at radius 3 is 2.74 bits per heavy atom. The predicted molar refractivity (Wildman–Crippen MR) is 69.1 cm³/mol. The van der Waals surface area contributed by atoms with Crippen LogP contribution in [0.4, 0.5) is 0 Å². The van der Waals surface area contributed by atoms with Crippen molar-refractivity contribution in [3.05, 3.63) is 5.82 Å². The number of hydrogen-bond acceptors (Lipinski definition) is 5. The molecule has 1 aliphatic heterocycles. The number of aromatic nitrogens is 3. The average molecular weight is 288 g/mol. The molecule has 0 amide bonds. The van der Waals surface area contributed by atoms with Crippen molar-refractivity contribution in [2.24, 2.45) is 5.14 Å². The molecule has 1 aliphatic rings. The van der Waals surface area contributed by atoms with Crippen LogP contribution in [-0.4, -0.2) is 35.9 Å². The second-order valence-electron chi connectivity index (χ2n) is 4.75. The Morgan fingerprint density at radius 2 is 2.16 bits per heavy atom. The van der Waals surface area contributed by atoms with E-state index in [1.165, 1.54) is 0 Å². The molecule has 2 heterocycles. The number of ether oxygens (including phenoxy) is 1. The first-order valence-corrected chi connectivity index (χ1v) is 8.11. The second kappa shape index (κ2) is 5.56. The van der Waals surface area contributed by atoms with Crippen LogP contribution < -0.4 is 5.14 Å². The van der Waals surface area contributed by atoms with E-state index in [0.717, 1.165) is 19.3 Å². The first kappa shape index (κ1) is 14.4. The summed E-state index contributed by atoms with van der Waals surface area (Å²) in [5, 5.41) is 12.9. The van der Waals surface area contributed by atoms with Crippen molar-refractivity contribution in [3.8, 4) is 0 Å². The van der Waals surface area contributed by atoms with Gasteiger partial charge in [-0.15, -0.1) is 10.2 Å². The number of primary sulfonamides is 1. The lowest BCUT2D eigenvalue weighted by molar-refractivity contribution is 0.0987. The van der Waals surface area contributed by atoms with Gasteiger partial charge in [-0.3, -0.25) is 0 Å². The maximum absolute atomic E-state index is 11.5. The summed E-state index contributed by atoms with van der Waals surface area (Å²) in [7, 11) is -3.84. The molecule has 0 aliphatic carbocycles. The van der Waals surface area contributed by atoms with E-state index in [-0.39, 0.29) is 17.2 Å². The first-order chi connectivity index (χ1) is 8.99. The van der Waals surface area contributed by atoms with Gasteiger partial charge in [0.15, 0.2) is 0 Å². The van der Waals surface area contributed by atoms with Gasteiger partial charge in [0.1, 0.15) is 5.82 Å². The maximum Gasteiger partial charge on any atom is 0.273 e. The van der Waals surface area contributed by atoms with Crippen LogP contribution >= 0.6 is 0 Å². The van der Waals surface area contributed by atoms with E-state index in [9.17, 15) is 8.42 Å². The van der Waals surface area contributed by atoms with Crippen molar-refractivity contribution in [2.75, 3.05) is 6.61 Å². The summed E-state index contributed by atoms with van der Waals surface area (Å²) in [5.41, 5.74) is 0. The van der Waals surface area contributed by atoms with Gasteiger partial charge in [-0.2, -0.15) is 0 Å². The minimum atomic E-state index is -3.84. The molecule has 0 aromatic carbocycles. The molecule has 2 N–H and O–H groups in total. The van der Waals surface area contributed by atoms with Gasteiger partial charge in [0, 0.05) is 19.1 Å². The lowest BCUT2D eigenvalue weighted by atomic mass is 9.99. The van der Waals surface area contributed by atoms with E-state index in [1.54, 1.807) is 4.57 Å². The summed E-state index contributed by atoms with van der Waals surface area (Å²) >= 11 is 0. The highest BCUT2D eigenvalue weighted by molar-refractivity contribution is 7.89. The quantitative estimate of drug-likeness (QED) is 0.856. The molecular formula is C11H20N4O3S. The largest absolute Gasteiger partial charge is 0.377 e.